The Labute approximate surface area is 156 Å². The molecule has 2 N–H and O–H groups in total. The van der Waals surface area contributed by atoms with Gasteiger partial charge < -0.3 is 5.11 Å². The number of hydrogen-bond acceptors (Lipinski definition) is 6. The number of allylic oxidation sites excluding steroid dienone is 1. The van der Waals surface area contributed by atoms with Gasteiger partial charge in [-0.2, -0.15) is 10.2 Å². The molecule has 0 atom stereocenters. The molecular weight excluding hydrogens is 344 g/mol. The summed E-state index contributed by atoms with van der Waals surface area (Å²) < 4.78 is 0. The van der Waals surface area contributed by atoms with Crippen LogP contribution in [-0.4, -0.2) is 22.5 Å². The van der Waals surface area contributed by atoms with Crippen LogP contribution in [0.3, 0.4) is 0 Å². The van der Waals surface area contributed by atoms with E-state index in [0.29, 0.717) is 24.1 Å². The molecule has 136 valence electrons. The average molecular weight is 362 g/mol. The zero-order chi connectivity index (χ0) is 19.2. The summed E-state index contributed by atoms with van der Waals surface area (Å²) >= 11 is 0. The summed E-state index contributed by atoms with van der Waals surface area (Å²) in [6.45, 7) is 1.33. The van der Waals surface area contributed by atoms with E-state index < -0.39 is 0 Å². The van der Waals surface area contributed by atoms with Gasteiger partial charge in [-0.15, -0.1) is 5.11 Å². The van der Waals surface area contributed by atoms with E-state index in [-0.39, 0.29) is 23.1 Å². The van der Waals surface area contributed by atoms with E-state index >= 15 is 0 Å². The Morgan fingerprint density at radius 1 is 1.07 bits per heavy atom. The number of amides is 1. The SMILES string of the molecule is CC(=O)C(N=Nc1ccc(C2=NNC(=O)CC2)cc1)=C(O)c1ccccc1. The summed E-state index contributed by atoms with van der Waals surface area (Å²) in [5.74, 6) is -0.689. The maximum absolute atomic E-state index is 11.8. The molecule has 0 unspecified atom stereocenters. The van der Waals surface area contributed by atoms with Gasteiger partial charge in [0.05, 0.1) is 11.4 Å². The summed E-state index contributed by atoms with van der Waals surface area (Å²) in [5, 5.41) is 22.4. The average Bonchev–Trinajstić information content (AvgIpc) is 2.69. The highest BCUT2D eigenvalue weighted by molar-refractivity contribution is 6.04. The minimum absolute atomic E-state index is 0.0917. The number of nitrogens with zero attached hydrogens (tertiary/aromatic N) is 3. The van der Waals surface area contributed by atoms with E-state index in [0.717, 1.165) is 11.3 Å². The van der Waals surface area contributed by atoms with Crippen molar-refractivity contribution in [2.75, 3.05) is 0 Å². The number of ketones is 1. The molecule has 0 spiro atoms. The van der Waals surface area contributed by atoms with Gasteiger partial charge in [0.15, 0.2) is 17.2 Å². The summed E-state index contributed by atoms with van der Waals surface area (Å²) in [5.41, 5.74) is 5.05. The fraction of sp³-hybridized carbons (Fsp3) is 0.150. The number of rotatable bonds is 5. The number of carbonyl (C=O) groups is 2. The van der Waals surface area contributed by atoms with Gasteiger partial charge in [-0.05, 0) is 17.7 Å². The Hall–Kier alpha value is -3.61. The number of carbonyl (C=O) groups excluding carboxylic acids is 2. The van der Waals surface area contributed by atoms with Crippen molar-refractivity contribution in [1.29, 1.82) is 0 Å². The normalized spacial score (nSPS) is 15.1. The molecule has 1 aliphatic heterocycles. The lowest BCUT2D eigenvalue weighted by molar-refractivity contribution is -0.121. The van der Waals surface area contributed by atoms with Crippen LogP contribution in [0, 0.1) is 0 Å². The van der Waals surface area contributed by atoms with Crippen molar-refractivity contribution in [1.82, 2.24) is 5.43 Å². The van der Waals surface area contributed by atoms with Crippen LogP contribution in [0.1, 0.15) is 30.9 Å². The quantitative estimate of drug-likeness (QED) is 0.479. The second-order valence-electron chi connectivity index (χ2n) is 5.96. The molecule has 0 aliphatic carbocycles. The highest BCUT2D eigenvalue weighted by atomic mass is 16.3. The summed E-state index contributed by atoms with van der Waals surface area (Å²) in [7, 11) is 0. The van der Waals surface area contributed by atoms with E-state index in [4.69, 9.17) is 0 Å². The zero-order valence-corrected chi connectivity index (χ0v) is 14.7. The Kier molecular flexibility index (Phi) is 5.51. The maximum atomic E-state index is 11.8. The van der Waals surface area contributed by atoms with Crippen LogP contribution in [0.5, 0.6) is 0 Å². The van der Waals surface area contributed by atoms with Gasteiger partial charge in [-0.3, -0.25) is 9.59 Å². The first-order valence-corrected chi connectivity index (χ1v) is 8.42. The Balaban J connectivity index is 1.81. The molecule has 0 saturated carbocycles. The topological polar surface area (TPSA) is 103 Å². The predicted octanol–water partition coefficient (Wildman–Crippen LogP) is 3.90. The monoisotopic (exact) mass is 362 g/mol. The van der Waals surface area contributed by atoms with Gasteiger partial charge in [-0.25, -0.2) is 5.43 Å². The van der Waals surface area contributed by atoms with Crippen molar-refractivity contribution in [2.24, 2.45) is 15.3 Å². The molecule has 1 aliphatic rings. The standard InChI is InChI=1S/C20H18N4O3/c1-13(25)19(20(27)15-5-3-2-4-6-15)24-21-16-9-7-14(8-10-16)17-11-12-18(26)23-22-17/h2-10,27H,11-12H2,1H3,(H,23,26). The summed E-state index contributed by atoms with van der Waals surface area (Å²) in [6.07, 6.45) is 0.987. The van der Waals surface area contributed by atoms with Crippen LogP contribution in [0.4, 0.5) is 5.69 Å². The Morgan fingerprint density at radius 2 is 1.78 bits per heavy atom. The zero-order valence-electron chi connectivity index (χ0n) is 14.7. The molecule has 2 aromatic rings. The van der Waals surface area contributed by atoms with Crippen LogP contribution in [0.25, 0.3) is 5.76 Å². The van der Waals surface area contributed by atoms with Gasteiger partial charge in [0.2, 0.25) is 5.91 Å². The Bertz CT molecular complexity index is 945. The fourth-order valence-electron chi connectivity index (χ4n) is 2.53. The number of nitrogens with one attached hydrogen (secondary N) is 1. The van der Waals surface area contributed by atoms with Crippen molar-refractivity contribution in [3.8, 4) is 0 Å². The lowest BCUT2D eigenvalue weighted by atomic mass is 10.0. The van der Waals surface area contributed by atoms with E-state index in [2.05, 4.69) is 20.8 Å². The lowest BCUT2D eigenvalue weighted by Gasteiger charge is -2.11. The van der Waals surface area contributed by atoms with Crippen LogP contribution in [-0.2, 0) is 9.59 Å². The van der Waals surface area contributed by atoms with Gasteiger partial charge in [0.25, 0.3) is 0 Å². The summed E-state index contributed by atoms with van der Waals surface area (Å²) in [4.78, 5) is 23.0. The van der Waals surface area contributed by atoms with Gasteiger partial charge in [0, 0.05) is 25.3 Å². The second-order valence-corrected chi connectivity index (χ2v) is 5.96. The highest BCUT2D eigenvalue weighted by Crippen LogP contribution is 2.21. The first kappa shape index (κ1) is 18.2. The molecule has 0 bridgehead atoms. The number of aliphatic hydroxyl groups excluding tert-OH is 1. The molecule has 0 saturated heterocycles. The second kappa shape index (κ2) is 8.18. The van der Waals surface area contributed by atoms with Crippen molar-refractivity contribution >= 4 is 28.8 Å². The van der Waals surface area contributed by atoms with Gasteiger partial charge in [-0.1, -0.05) is 42.5 Å². The van der Waals surface area contributed by atoms with Crippen LogP contribution in [0.2, 0.25) is 0 Å². The molecule has 7 heteroatoms. The molecule has 0 radical (unpaired) electrons. The van der Waals surface area contributed by atoms with E-state index in [1.165, 1.54) is 6.92 Å². The number of Topliss-reactive ketones (excluding diaryl/α,β-unsaturated/α-hetero) is 1. The third-order valence-corrected chi connectivity index (χ3v) is 3.98. The molecule has 3 rings (SSSR count). The van der Waals surface area contributed by atoms with E-state index in [1.807, 2.05) is 18.2 Å². The van der Waals surface area contributed by atoms with Crippen LogP contribution >= 0.6 is 0 Å². The minimum Gasteiger partial charge on any atom is -0.505 e. The molecule has 0 aromatic heterocycles. The first-order valence-electron chi connectivity index (χ1n) is 8.42. The molecule has 0 fully saturated rings. The molecular formula is C20H18N4O3. The number of azo groups is 1. The number of hydrogen-bond donors (Lipinski definition) is 2. The van der Waals surface area contributed by atoms with E-state index in [1.54, 1.807) is 36.4 Å². The van der Waals surface area contributed by atoms with E-state index in [9.17, 15) is 14.7 Å². The molecule has 2 aromatic carbocycles. The lowest BCUT2D eigenvalue weighted by Crippen LogP contribution is -2.25. The van der Waals surface area contributed by atoms with Crippen molar-refractivity contribution in [3.05, 3.63) is 71.4 Å². The largest absolute Gasteiger partial charge is 0.505 e. The van der Waals surface area contributed by atoms with Crippen LogP contribution in [0.15, 0.2) is 75.6 Å². The van der Waals surface area contributed by atoms with Gasteiger partial charge >= 0.3 is 0 Å². The third kappa shape index (κ3) is 4.52. The van der Waals surface area contributed by atoms with Crippen molar-refractivity contribution in [3.63, 3.8) is 0 Å². The van der Waals surface area contributed by atoms with Crippen molar-refractivity contribution < 1.29 is 14.7 Å². The highest BCUT2D eigenvalue weighted by Gasteiger charge is 2.14. The predicted molar refractivity (Wildman–Crippen MR) is 102 cm³/mol. The Morgan fingerprint density at radius 3 is 2.37 bits per heavy atom. The van der Waals surface area contributed by atoms with Crippen molar-refractivity contribution in [2.45, 2.75) is 19.8 Å². The first-order chi connectivity index (χ1) is 13.0. The third-order valence-electron chi connectivity index (χ3n) is 3.98. The summed E-state index contributed by atoms with van der Waals surface area (Å²) in [6, 6.07) is 15.8. The maximum Gasteiger partial charge on any atom is 0.240 e. The number of hydrazone groups is 1. The molecule has 7 nitrogen and oxygen atoms in total. The number of benzene rings is 2. The molecule has 1 heterocycles. The van der Waals surface area contributed by atoms with Crippen LogP contribution < -0.4 is 5.43 Å². The smallest absolute Gasteiger partial charge is 0.240 e. The molecule has 27 heavy (non-hydrogen) atoms. The fourth-order valence-corrected chi connectivity index (χ4v) is 2.53. The minimum atomic E-state index is -0.385. The van der Waals surface area contributed by atoms with Gasteiger partial charge in [0.1, 0.15) is 0 Å². The number of aliphatic hydroxyl groups is 1. The molecule has 1 amide bonds.